The van der Waals surface area contributed by atoms with Gasteiger partial charge in [-0.3, -0.25) is 9.59 Å². The zero-order valence-corrected chi connectivity index (χ0v) is 14.9. The number of carboxylic acid groups (broad SMARTS) is 1. The smallest absolute Gasteiger partial charge is 0.323 e. The molecule has 0 rings (SSSR count). The second-order valence-corrected chi connectivity index (χ2v) is 6.13. The van der Waals surface area contributed by atoms with Gasteiger partial charge in [0.1, 0.15) is 6.54 Å². The maximum atomic E-state index is 11.8. The fourth-order valence-corrected chi connectivity index (χ4v) is 2.40. The molecule has 6 heteroatoms. The molecule has 0 aliphatic carbocycles. The molecule has 6 nitrogen and oxygen atoms in total. The van der Waals surface area contributed by atoms with Crippen LogP contribution in [0.3, 0.4) is 0 Å². The van der Waals surface area contributed by atoms with Crippen LogP contribution >= 0.6 is 0 Å². The van der Waals surface area contributed by atoms with Gasteiger partial charge in [-0.05, 0) is 6.42 Å². The van der Waals surface area contributed by atoms with Crippen molar-refractivity contribution < 1.29 is 18.8 Å². The number of nitrogens with two attached hydrogens (primary N) is 1. The van der Waals surface area contributed by atoms with Crippen molar-refractivity contribution in [2.75, 3.05) is 13.5 Å². The van der Waals surface area contributed by atoms with Gasteiger partial charge in [0, 0.05) is 17.5 Å². The van der Waals surface area contributed by atoms with Crippen LogP contribution in [0.1, 0.15) is 88.1 Å². The van der Waals surface area contributed by atoms with Gasteiger partial charge in [-0.1, -0.05) is 71.1 Å². The fraction of sp³-hybridized carbons (Fsp3) is 0.833. The predicted molar refractivity (Wildman–Crippen MR) is 98.0 cm³/mol. The summed E-state index contributed by atoms with van der Waals surface area (Å²) in [5.41, 5.74) is 5.51. The second kappa shape index (κ2) is 15.0. The number of likely N-dealkylation sites (N-methyl/N-ethyl adjacent to an activating group) is 1. The van der Waals surface area contributed by atoms with E-state index in [0.717, 1.165) is 19.3 Å². The van der Waals surface area contributed by atoms with Crippen LogP contribution in [0.15, 0.2) is 4.99 Å². The predicted octanol–water partition coefficient (Wildman–Crippen LogP) is 3.55. The Balaban J connectivity index is 3.97. The van der Waals surface area contributed by atoms with Gasteiger partial charge in [-0.15, -0.1) is 0 Å². The largest absolute Gasteiger partial charge is 0.480 e. The third kappa shape index (κ3) is 14.0. The summed E-state index contributed by atoms with van der Waals surface area (Å²) in [7, 11) is 0. The molecule has 1 amide bonds. The van der Waals surface area contributed by atoms with Gasteiger partial charge in [-0.25, -0.2) is 0 Å². The third-order valence-electron chi connectivity index (χ3n) is 3.80. The molecule has 0 aromatic rings. The minimum absolute atomic E-state index is 0.180. The monoisotopic (exact) mass is 344 g/mol. The molecule has 0 aliphatic heterocycles. The molecule has 3 N–H and O–H groups in total. The first-order valence-electron chi connectivity index (χ1n) is 10.5. The lowest BCUT2D eigenvalue weighted by molar-refractivity contribution is -0.137. The van der Waals surface area contributed by atoms with Crippen molar-refractivity contribution in [3.63, 3.8) is 0 Å². The Morgan fingerprint density at radius 1 is 1.00 bits per heavy atom. The van der Waals surface area contributed by atoms with Crippen LogP contribution in [-0.2, 0) is 9.59 Å². The molecule has 0 radical (unpaired) electrons. The molecule has 0 atom stereocenters. The molecular formula is C18H35N3O3. The van der Waals surface area contributed by atoms with Crippen LogP contribution in [0.4, 0.5) is 0 Å². The van der Waals surface area contributed by atoms with Crippen LogP contribution in [0.5, 0.6) is 0 Å². The van der Waals surface area contributed by atoms with E-state index in [1.165, 1.54) is 44.9 Å². The lowest BCUT2D eigenvalue weighted by atomic mass is 10.1. The first kappa shape index (κ1) is 17.2. The van der Waals surface area contributed by atoms with E-state index >= 15 is 0 Å². The molecule has 0 saturated carbocycles. The van der Waals surface area contributed by atoms with Crippen molar-refractivity contribution in [3.8, 4) is 0 Å². The molecule has 0 heterocycles. The topological polar surface area (TPSA) is 96.0 Å². The number of carboxylic acids is 1. The summed E-state index contributed by atoms with van der Waals surface area (Å²) in [6.45, 7) is -1.38. The molecule has 0 fully saturated rings. The summed E-state index contributed by atoms with van der Waals surface area (Å²) in [6.07, 6.45) is 13.0. The number of aliphatic imine (C=N–C) groups is 1. The molecular weight excluding hydrogens is 306 g/mol. The van der Waals surface area contributed by atoms with E-state index in [-0.39, 0.29) is 6.42 Å². The lowest BCUT2D eigenvalue weighted by Gasteiger charge is -2.14. The molecule has 0 aromatic heterocycles. The molecule has 0 saturated heterocycles. The molecule has 0 spiro atoms. The Bertz CT molecular complexity index is 469. The molecule has 24 heavy (non-hydrogen) atoms. The van der Waals surface area contributed by atoms with Crippen molar-refractivity contribution in [3.05, 3.63) is 0 Å². The quantitative estimate of drug-likeness (QED) is 0.285. The van der Waals surface area contributed by atoms with Gasteiger partial charge in [0.2, 0.25) is 5.91 Å². The molecule has 0 unspecified atom stereocenters. The van der Waals surface area contributed by atoms with E-state index in [1.54, 1.807) is 0 Å². The first-order chi connectivity index (χ1) is 12.7. The third-order valence-corrected chi connectivity index (χ3v) is 3.80. The van der Waals surface area contributed by atoms with Crippen LogP contribution < -0.4 is 5.73 Å². The minimum atomic E-state index is -2.76. The number of hydrogen-bond donors (Lipinski definition) is 2. The minimum Gasteiger partial charge on any atom is -0.480 e. The highest BCUT2D eigenvalue weighted by Crippen LogP contribution is 2.12. The van der Waals surface area contributed by atoms with E-state index in [9.17, 15) is 9.59 Å². The first-order valence-corrected chi connectivity index (χ1v) is 9.05. The second-order valence-electron chi connectivity index (χ2n) is 6.13. The van der Waals surface area contributed by atoms with Crippen LogP contribution in [-0.4, -0.2) is 41.4 Å². The summed E-state index contributed by atoms with van der Waals surface area (Å²) in [5, 5.41) is 8.76. The van der Waals surface area contributed by atoms with Crippen LogP contribution in [0.25, 0.3) is 0 Å². The van der Waals surface area contributed by atoms with Crippen molar-refractivity contribution in [1.82, 2.24) is 4.90 Å². The zero-order chi connectivity index (χ0) is 20.7. The Morgan fingerprint density at radius 3 is 1.96 bits per heavy atom. The summed E-state index contributed by atoms with van der Waals surface area (Å²) in [4.78, 5) is 26.5. The van der Waals surface area contributed by atoms with E-state index in [1.807, 2.05) is 0 Å². The molecule has 0 aromatic carbocycles. The average Bonchev–Trinajstić information content (AvgIpc) is 2.56. The van der Waals surface area contributed by atoms with Gasteiger partial charge in [0.05, 0.1) is 0 Å². The van der Waals surface area contributed by atoms with Gasteiger partial charge in [0.25, 0.3) is 0 Å². The fourth-order valence-electron chi connectivity index (χ4n) is 2.40. The maximum absolute atomic E-state index is 11.8. The summed E-state index contributed by atoms with van der Waals surface area (Å²) in [6, 6.07) is 0. The number of carbonyl (C=O) groups is 2. The van der Waals surface area contributed by atoms with Gasteiger partial charge >= 0.3 is 5.97 Å². The standard InChI is InChI=1S/C18H35N3O3/c1-3-4-5-6-7-8-9-10-11-12-13-14-16(22)20-18(19)21(2)15-17(23)24/h3-15H2,1-2H3,(H,23,24)(H2,19,20,22)/i2D3. The van der Waals surface area contributed by atoms with E-state index in [0.29, 0.717) is 11.3 Å². The van der Waals surface area contributed by atoms with E-state index in [4.69, 9.17) is 15.0 Å². The molecule has 0 bridgehead atoms. The van der Waals surface area contributed by atoms with Gasteiger partial charge < -0.3 is 15.7 Å². The van der Waals surface area contributed by atoms with E-state index < -0.39 is 31.4 Å². The summed E-state index contributed by atoms with van der Waals surface area (Å²) < 4.78 is 21.8. The summed E-state index contributed by atoms with van der Waals surface area (Å²) in [5.74, 6) is -2.46. The van der Waals surface area contributed by atoms with Crippen molar-refractivity contribution in [2.24, 2.45) is 10.7 Å². The SMILES string of the molecule is [2H]C([2H])([2H])N(CC(=O)O)C(N)=NC(=O)CCCCCCCCCCCCC. The highest BCUT2D eigenvalue weighted by atomic mass is 16.4. The molecule has 140 valence electrons. The number of carbonyl (C=O) groups excluding carboxylic acids is 1. The lowest BCUT2D eigenvalue weighted by Crippen LogP contribution is -2.38. The van der Waals surface area contributed by atoms with Gasteiger partial charge in [-0.2, -0.15) is 4.99 Å². The van der Waals surface area contributed by atoms with Crippen molar-refractivity contribution in [2.45, 2.75) is 84.0 Å². The Labute approximate surface area is 150 Å². The number of guanidine groups is 1. The van der Waals surface area contributed by atoms with Crippen LogP contribution in [0, 0.1) is 0 Å². The number of unbranched alkanes of at least 4 members (excludes halogenated alkanes) is 10. The number of rotatable bonds is 14. The van der Waals surface area contributed by atoms with Gasteiger partial charge in [0.15, 0.2) is 5.96 Å². The Morgan fingerprint density at radius 2 is 1.50 bits per heavy atom. The average molecular weight is 345 g/mol. The normalized spacial score (nSPS) is 13.9. The number of hydrogen-bond acceptors (Lipinski definition) is 2. The highest BCUT2D eigenvalue weighted by molar-refractivity contribution is 5.93. The number of aliphatic carboxylic acids is 1. The number of amides is 1. The van der Waals surface area contributed by atoms with Crippen LogP contribution in [0.2, 0.25) is 0 Å². The zero-order valence-electron chi connectivity index (χ0n) is 17.9. The van der Waals surface area contributed by atoms with E-state index in [2.05, 4.69) is 11.9 Å². The van der Waals surface area contributed by atoms with Crippen molar-refractivity contribution >= 4 is 17.8 Å². The number of nitrogens with zero attached hydrogens (tertiary/aromatic N) is 2. The Hall–Kier alpha value is -1.59. The molecule has 0 aliphatic rings. The Kier molecular flexibility index (Phi) is 10.8. The summed E-state index contributed by atoms with van der Waals surface area (Å²) >= 11 is 0. The maximum Gasteiger partial charge on any atom is 0.323 e. The highest BCUT2D eigenvalue weighted by Gasteiger charge is 2.08. The van der Waals surface area contributed by atoms with Crippen molar-refractivity contribution in [1.29, 1.82) is 0 Å².